The molecule has 0 unspecified atom stereocenters. The fourth-order valence-electron chi connectivity index (χ4n) is 2.09. The number of carboxylic acid groups (broad SMARTS) is 1. The Labute approximate surface area is 126 Å². The highest BCUT2D eigenvalue weighted by atomic mass is 32.2. The fourth-order valence-corrected chi connectivity index (χ4v) is 3.43. The molecule has 0 saturated carbocycles. The summed E-state index contributed by atoms with van der Waals surface area (Å²) in [4.78, 5) is 12.9. The fraction of sp³-hybridized carbons (Fsp3) is 0.533. The lowest BCUT2D eigenvalue weighted by molar-refractivity contribution is 0.0696. The average Bonchev–Trinajstić information content (AvgIpc) is 2.34. The molecule has 0 radical (unpaired) electrons. The van der Waals surface area contributed by atoms with Crippen molar-refractivity contribution in [1.29, 1.82) is 0 Å². The molecule has 118 valence electrons. The normalized spacial score (nSPS) is 12.6. The van der Waals surface area contributed by atoms with Gasteiger partial charge in [-0.2, -0.15) is 0 Å². The molecule has 1 rings (SSSR count). The number of aromatic carboxylic acids is 1. The first-order valence-corrected chi connectivity index (χ1v) is 8.41. The lowest BCUT2D eigenvalue weighted by Crippen LogP contribution is -2.33. The molecule has 1 aromatic rings. The van der Waals surface area contributed by atoms with Crippen LogP contribution in [0.25, 0.3) is 0 Å². The first-order chi connectivity index (χ1) is 9.51. The Morgan fingerprint density at radius 2 is 1.71 bits per heavy atom. The standard InChI is InChI=1S/C15H23NO4S/c1-15(2,3)11-16(4)9-10-21(19,20)13-7-5-12(6-8-13)14(17)18/h5-8H,9-11H2,1-4H3,(H,17,18). The van der Waals surface area contributed by atoms with Crippen molar-refractivity contribution < 1.29 is 18.3 Å². The second-order valence-electron chi connectivity index (χ2n) is 6.45. The van der Waals surface area contributed by atoms with E-state index in [2.05, 4.69) is 20.8 Å². The van der Waals surface area contributed by atoms with Crippen LogP contribution in [0.4, 0.5) is 0 Å². The number of nitrogens with zero attached hydrogens (tertiary/aromatic N) is 1. The summed E-state index contributed by atoms with van der Waals surface area (Å²) in [6, 6.07) is 5.33. The predicted molar refractivity (Wildman–Crippen MR) is 82.4 cm³/mol. The van der Waals surface area contributed by atoms with Crippen LogP contribution in [-0.4, -0.2) is 50.3 Å². The van der Waals surface area contributed by atoms with Gasteiger partial charge in [0.15, 0.2) is 9.84 Å². The minimum absolute atomic E-state index is 0.0198. The van der Waals surface area contributed by atoms with Crippen LogP contribution in [0.15, 0.2) is 29.2 Å². The van der Waals surface area contributed by atoms with E-state index in [1.165, 1.54) is 24.3 Å². The molecule has 0 aromatic heterocycles. The Morgan fingerprint density at radius 3 is 2.14 bits per heavy atom. The number of hydrogen-bond acceptors (Lipinski definition) is 4. The topological polar surface area (TPSA) is 74.7 Å². The molecule has 0 fully saturated rings. The highest BCUT2D eigenvalue weighted by molar-refractivity contribution is 7.91. The number of carbonyl (C=O) groups is 1. The van der Waals surface area contributed by atoms with Gasteiger partial charge in [0.2, 0.25) is 0 Å². The van der Waals surface area contributed by atoms with E-state index in [1.807, 2.05) is 11.9 Å². The van der Waals surface area contributed by atoms with Crippen molar-refractivity contribution in [2.45, 2.75) is 25.7 Å². The van der Waals surface area contributed by atoms with E-state index in [9.17, 15) is 13.2 Å². The number of hydrogen-bond donors (Lipinski definition) is 1. The van der Waals surface area contributed by atoms with Gasteiger partial charge in [-0.15, -0.1) is 0 Å². The molecular formula is C15H23NO4S. The lowest BCUT2D eigenvalue weighted by atomic mass is 9.96. The zero-order valence-electron chi connectivity index (χ0n) is 13.0. The van der Waals surface area contributed by atoms with E-state index in [4.69, 9.17) is 5.11 Å². The predicted octanol–water partition coefficient (Wildman–Crippen LogP) is 2.14. The molecule has 5 nitrogen and oxygen atoms in total. The summed E-state index contributed by atoms with van der Waals surface area (Å²) >= 11 is 0. The molecule has 0 spiro atoms. The summed E-state index contributed by atoms with van der Waals surface area (Å²) in [7, 11) is -1.49. The first-order valence-electron chi connectivity index (χ1n) is 6.76. The van der Waals surface area contributed by atoms with Crippen molar-refractivity contribution >= 4 is 15.8 Å². The number of rotatable bonds is 6. The van der Waals surface area contributed by atoms with Crippen LogP contribution in [0.2, 0.25) is 0 Å². The van der Waals surface area contributed by atoms with Crippen LogP contribution in [0, 0.1) is 5.41 Å². The highest BCUT2D eigenvalue weighted by Gasteiger charge is 2.18. The third kappa shape index (κ3) is 5.85. The Hall–Kier alpha value is -1.40. The van der Waals surface area contributed by atoms with E-state index in [1.54, 1.807) is 0 Å². The molecule has 6 heteroatoms. The minimum Gasteiger partial charge on any atom is -0.478 e. The summed E-state index contributed by atoms with van der Waals surface area (Å²) in [5.41, 5.74) is 0.195. The molecule has 0 bridgehead atoms. The van der Waals surface area contributed by atoms with Gasteiger partial charge in [0.1, 0.15) is 0 Å². The van der Waals surface area contributed by atoms with Gasteiger partial charge in [-0.3, -0.25) is 0 Å². The molecule has 0 heterocycles. The van der Waals surface area contributed by atoms with Crippen molar-refractivity contribution in [2.75, 3.05) is 25.9 Å². The average molecular weight is 313 g/mol. The summed E-state index contributed by atoms with van der Waals surface area (Å²) < 4.78 is 24.4. The first kappa shape index (κ1) is 17.7. The molecule has 0 aliphatic heterocycles. The molecule has 0 atom stereocenters. The van der Waals surface area contributed by atoms with E-state index in [0.29, 0.717) is 6.54 Å². The summed E-state index contributed by atoms with van der Waals surface area (Å²) in [5.74, 6) is -1.05. The van der Waals surface area contributed by atoms with Crippen molar-refractivity contribution in [1.82, 2.24) is 4.90 Å². The van der Waals surface area contributed by atoms with Crippen LogP contribution in [0.3, 0.4) is 0 Å². The van der Waals surface area contributed by atoms with E-state index in [0.717, 1.165) is 6.54 Å². The van der Waals surface area contributed by atoms with E-state index < -0.39 is 15.8 Å². The van der Waals surface area contributed by atoms with Crippen molar-refractivity contribution in [3.05, 3.63) is 29.8 Å². The van der Waals surface area contributed by atoms with Gasteiger partial charge in [-0.1, -0.05) is 20.8 Å². The van der Waals surface area contributed by atoms with Gasteiger partial charge < -0.3 is 10.0 Å². The Kier molecular flexibility index (Phi) is 5.53. The summed E-state index contributed by atoms with van der Waals surface area (Å²) in [6.45, 7) is 7.55. The van der Waals surface area contributed by atoms with Gasteiger partial charge in [0, 0.05) is 13.1 Å². The van der Waals surface area contributed by atoms with Crippen molar-refractivity contribution in [3.63, 3.8) is 0 Å². The summed E-state index contributed by atoms with van der Waals surface area (Å²) in [6.07, 6.45) is 0. The molecule has 21 heavy (non-hydrogen) atoms. The smallest absolute Gasteiger partial charge is 0.335 e. The third-order valence-electron chi connectivity index (χ3n) is 2.95. The monoisotopic (exact) mass is 313 g/mol. The molecule has 0 aliphatic rings. The molecule has 0 saturated heterocycles. The van der Waals surface area contributed by atoms with Gasteiger partial charge >= 0.3 is 5.97 Å². The Bertz CT molecular complexity index is 585. The third-order valence-corrected chi connectivity index (χ3v) is 4.66. The second-order valence-corrected chi connectivity index (χ2v) is 8.56. The molecule has 0 amide bonds. The second kappa shape index (κ2) is 6.58. The van der Waals surface area contributed by atoms with Crippen molar-refractivity contribution in [3.8, 4) is 0 Å². The highest BCUT2D eigenvalue weighted by Crippen LogP contribution is 2.16. The molecule has 1 aromatic carbocycles. The van der Waals surface area contributed by atoms with Gasteiger partial charge in [-0.25, -0.2) is 13.2 Å². The largest absolute Gasteiger partial charge is 0.478 e. The number of benzene rings is 1. The maximum absolute atomic E-state index is 12.2. The quantitative estimate of drug-likeness (QED) is 0.871. The molecular weight excluding hydrogens is 290 g/mol. The SMILES string of the molecule is CN(CCS(=O)(=O)c1ccc(C(=O)O)cc1)CC(C)(C)C. The maximum Gasteiger partial charge on any atom is 0.335 e. The van der Waals surface area contributed by atoms with Crippen LogP contribution in [-0.2, 0) is 9.84 Å². The lowest BCUT2D eigenvalue weighted by Gasteiger charge is -2.26. The van der Waals surface area contributed by atoms with Crippen LogP contribution >= 0.6 is 0 Å². The van der Waals surface area contributed by atoms with Crippen LogP contribution in [0.5, 0.6) is 0 Å². The van der Waals surface area contributed by atoms with Gasteiger partial charge in [0.05, 0.1) is 16.2 Å². The van der Waals surface area contributed by atoms with Gasteiger partial charge in [-0.05, 0) is 36.7 Å². The van der Waals surface area contributed by atoms with Crippen LogP contribution in [0.1, 0.15) is 31.1 Å². The Morgan fingerprint density at radius 1 is 1.19 bits per heavy atom. The zero-order chi connectivity index (χ0) is 16.3. The summed E-state index contributed by atoms with van der Waals surface area (Å²) in [5, 5.41) is 8.81. The Balaban J connectivity index is 2.71. The number of sulfone groups is 1. The van der Waals surface area contributed by atoms with Crippen LogP contribution < -0.4 is 0 Å². The maximum atomic E-state index is 12.2. The minimum atomic E-state index is -3.39. The van der Waals surface area contributed by atoms with Crippen molar-refractivity contribution in [2.24, 2.45) is 5.41 Å². The molecule has 1 N–H and O–H groups in total. The number of carboxylic acids is 1. The zero-order valence-corrected chi connectivity index (χ0v) is 13.8. The van der Waals surface area contributed by atoms with Gasteiger partial charge in [0.25, 0.3) is 0 Å². The van der Waals surface area contributed by atoms with E-state index >= 15 is 0 Å². The molecule has 0 aliphatic carbocycles. The van der Waals surface area contributed by atoms with E-state index in [-0.39, 0.29) is 21.6 Å².